The summed E-state index contributed by atoms with van der Waals surface area (Å²) in [6.45, 7) is 2.74. The van der Waals surface area contributed by atoms with E-state index in [1.54, 1.807) is 12.1 Å². The quantitative estimate of drug-likeness (QED) is 0.690. The molecule has 6 nitrogen and oxygen atoms in total. The van der Waals surface area contributed by atoms with Gasteiger partial charge in [-0.25, -0.2) is 19.3 Å². The Morgan fingerprint density at radius 2 is 2.08 bits per heavy atom. The van der Waals surface area contributed by atoms with E-state index >= 15 is 0 Å². The Morgan fingerprint density at radius 1 is 1.27 bits per heavy atom. The largest absolute Gasteiger partial charge is 0.478 e. The number of ether oxygens (including phenoxy) is 1. The van der Waals surface area contributed by atoms with Crippen molar-refractivity contribution in [2.24, 2.45) is 0 Å². The minimum Gasteiger partial charge on any atom is -0.478 e. The Hall–Kier alpha value is -2.87. The van der Waals surface area contributed by atoms with Gasteiger partial charge in [-0.05, 0) is 31.2 Å². The Kier molecular flexibility index (Phi) is 5.85. The Labute approximate surface area is 154 Å². The van der Waals surface area contributed by atoms with E-state index in [0.717, 1.165) is 16.3 Å². The van der Waals surface area contributed by atoms with Crippen molar-refractivity contribution in [2.75, 3.05) is 13.2 Å². The van der Waals surface area contributed by atoms with Crippen LogP contribution in [-0.4, -0.2) is 34.0 Å². The van der Waals surface area contributed by atoms with Crippen molar-refractivity contribution >= 4 is 17.2 Å². The van der Waals surface area contributed by atoms with Crippen molar-refractivity contribution < 1.29 is 13.9 Å². The van der Waals surface area contributed by atoms with Gasteiger partial charge in [-0.3, -0.25) is 4.79 Å². The third kappa shape index (κ3) is 4.60. The smallest absolute Gasteiger partial charge is 0.270 e. The van der Waals surface area contributed by atoms with E-state index in [2.05, 4.69) is 20.3 Å². The fraction of sp³-hybridized carbons (Fsp3) is 0.222. The second-order valence-electron chi connectivity index (χ2n) is 5.33. The molecule has 0 spiro atoms. The average Bonchev–Trinajstić information content (AvgIpc) is 3.12. The highest BCUT2D eigenvalue weighted by molar-refractivity contribution is 7.13. The summed E-state index contributed by atoms with van der Waals surface area (Å²) in [7, 11) is 0. The van der Waals surface area contributed by atoms with E-state index in [1.807, 2.05) is 12.3 Å². The summed E-state index contributed by atoms with van der Waals surface area (Å²) in [5.41, 5.74) is 2.00. The maximum atomic E-state index is 13.0. The molecule has 1 aromatic carbocycles. The fourth-order valence-corrected chi connectivity index (χ4v) is 3.09. The summed E-state index contributed by atoms with van der Waals surface area (Å²) in [5.74, 6) is -0.191. The van der Waals surface area contributed by atoms with Crippen molar-refractivity contribution in [3.8, 4) is 16.5 Å². The molecule has 0 aliphatic heterocycles. The molecule has 2 heterocycles. The van der Waals surface area contributed by atoms with Gasteiger partial charge in [-0.15, -0.1) is 11.3 Å². The van der Waals surface area contributed by atoms with Crippen LogP contribution >= 0.6 is 11.3 Å². The normalized spacial score (nSPS) is 10.5. The first kappa shape index (κ1) is 17.9. The number of carbonyl (C=O) groups is 1. The maximum absolute atomic E-state index is 13.0. The summed E-state index contributed by atoms with van der Waals surface area (Å²) in [5, 5.41) is 5.56. The Bertz CT molecular complexity index is 883. The lowest BCUT2D eigenvalue weighted by Gasteiger charge is -2.05. The lowest BCUT2D eigenvalue weighted by atomic mass is 10.2. The third-order valence-corrected chi connectivity index (χ3v) is 4.42. The molecule has 0 unspecified atom stereocenters. The van der Waals surface area contributed by atoms with Crippen LogP contribution < -0.4 is 10.1 Å². The lowest BCUT2D eigenvalue weighted by molar-refractivity contribution is 0.0948. The molecule has 0 aliphatic rings. The Balaban J connectivity index is 1.54. The first-order valence-electron chi connectivity index (χ1n) is 8.09. The molecule has 0 bridgehead atoms. The number of nitrogens with one attached hydrogen (secondary N) is 1. The molecule has 0 saturated heterocycles. The average molecular weight is 372 g/mol. The molecule has 3 aromatic rings. The zero-order chi connectivity index (χ0) is 18.4. The van der Waals surface area contributed by atoms with Crippen LogP contribution in [0.2, 0.25) is 0 Å². The van der Waals surface area contributed by atoms with Gasteiger partial charge in [-0.2, -0.15) is 0 Å². The summed E-state index contributed by atoms with van der Waals surface area (Å²) in [6.07, 6.45) is 1.89. The molecule has 26 heavy (non-hydrogen) atoms. The third-order valence-electron chi connectivity index (χ3n) is 3.48. The monoisotopic (exact) mass is 372 g/mol. The summed E-state index contributed by atoms with van der Waals surface area (Å²) >= 11 is 1.49. The topological polar surface area (TPSA) is 77.0 Å². The van der Waals surface area contributed by atoms with E-state index in [1.165, 1.54) is 35.9 Å². The molecular weight excluding hydrogens is 355 g/mol. The first-order chi connectivity index (χ1) is 12.7. The highest BCUT2D eigenvalue weighted by Gasteiger charge is 2.10. The summed E-state index contributed by atoms with van der Waals surface area (Å²) < 4.78 is 18.2. The van der Waals surface area contributed by atoms with Gasteiger partial charge < -0.3 is 10.1 Å². The zero-order valence-electron chi connectivity index (χ0n) is 14.1. The first-order valence-corrected chi connectivity index (χ1v) is 8.97. The number of carbonyl (C=O) groups excluding carboxylic acids is 1. The molecule has 3 rings (SSSR count). The minimum absolute atomic E-state index is 0.258. The molecule has 0 fully saturated rings. The molecule has 0 saturated carbocycles. The number of nitrogens with zero attached hydrogens (tertiary/aromatic N) is 3. The van der Waals surface area contributed by atoms with Gasteiger partial charge in [-0.1, -0.05) is 0 Å². The highest BCUT2D eigenvalue weighted by Crippen LogP contribution is 2.23. The van der Waals surface area contributed by atoms with Crippen LogP contribution in [0.1, 0.15) is 23.1 Å². The van der Waals surface area contributed by atoms with Gasteiger partial charge in [0.05, 0.1) is 12.3 Å². The molecule has 0 radical (unpaired) electrons. The van der Waals surface area contributed by atoms with Crippen LogP contribution in [0.4, 0.5) is 4.39 Å². The molecule has 2 aromatic heterocycles. The molecule has 0 atom stereocenters. The van der Waals surface area contributed by atoms with Crippen LogP contribution in [0.3, 0.4) is 0 Å². The molecule has 1 N–H and O–H groups in total. The SMILES string of the molecule is CCOc1cc(C(=O)NCCc2csc(-c3ccc(F)cc3)n2)ncn1. The van der Waals surface area contributed by atoms with E-state index in [9.17, 15) is 9.18 Å². The van der Waals surface area contributed by atoms with Gasteiger partial charge in [0.15, 0.2) is 0 Å². The van der Waals surface area contributed by atoms with Gasteiger partial charge in [0, 0.05) is 30.0 Å². The van der Waals surface area contributed by atoms with E-state index in [0.29, 0.717) is 25.5 Å². The van der Waals surface area contributed by atoms with Crippen LogP contribution in [-0.2, 0) is 6.42 Å². The molecule has 134 valence electrons. The van der Waals surface area contributed by atoms with Gasteiger partial charge >= 0.3 is 0 Å². The summed E-state index contributed by atoms with van der Waals surface area (Å²) in [4.78, 5) is 24.5. The second kappa shape index (κ2) is 8.48. The zero-order valence-corrected chi connectivity index (χ0v) is 14.9. The molecular formula is C18H17FN4O2S. The van der Waals surface area contributed by atoms with Gasteiger partial charge in [0.2, 0.25) is 5.88 Å². The second-order valence-corrected chi connectivity index (χ2v) is 6.19. The highest BCUT2D eigenvalue weighted by atomic mass is 32.1. The van der Waals surface area contributed by atoms with Crippen molar-refractivity contribution in [3.05, 3.63) is 59.2 Å². The predicted octanol–water partition coefficient (Wildman–Crippen LogP) is 3.11. The number of hydrogen-bond donors (Lipinski definition) is 1. The van der Waals surface area contributed by atoms with Crippen molar-refractivity contribution in [2.45, 2.75) is 13.3 Å². The molecule has 0 aliphatic carbocycles. The summed E-state index contributed by atoms with van der Waals surface area (Å²) in [6, 6.07) is 7.73. The van der Waals surface area contributed by atoms with Crippen molar-refractivity contribution in [1.29, 1.82) is 0 Å². The van der Waals surface area contributed by atoms with Crippen molar-refractivity contribution in [3.63, 3.8) is 0 Å². The van der Waals surface area contributed by atoms with Crippen molar-refractivity contribution in [1.82, 2.24) is 20.3 Å². The van der Waals surface area contributed by atoms with Crippen LogP contribution in [0, 0.1) is 5.82 Å². The predicted molar refractivity (Wildman–Crippen MR) is 96.7 cm³/mol. The number of hydrogen-bond acceptors (Lipinski definition) is 6. The fourth-order valence-electron chi connectivity index (χ4n) is 2.23. The minimum atomic E-state index is -0.289. The molecule has 8 heteroatoms. The van der Waals surface area contributed by atoms with E-state index < -0.39 is 0 Å². The lowest BCUT2D eigenvalue weighted by Crippen LogP contribution is -2.26. The standard InChI is InChI=1S/C18H17FN4O2S/c1-2-25-16-9-15(21-11-22-16)17(24)20-8-7-14-10-26-18(23-14)12-3-5-13(19)6-4-12/h3-6,9-11H,2,7-8H2,1H3,(H,20,24). The number of rotatable bonds is 7. The van der Waals surface area contributed by atoms with E-state index in [-0.39, 0.29) is 17.4 Å². The van der Waals surface area contributed by atoms with Crippen LogP contribution in [0.25, 0.3) is 10.6 Å². The van der Waals surface area contributed by atoms with E-state index in [4.69, 9.17) is 4.74 Å². The van der Waals surface area contributed by atoms with Crippen LogP contribution in [0.15, 0.2) is 42.0 Å². The van der Waals surface area contributed by atoms with Gasteiger partial charge in [0.1, 0.15) is 22.8 Å². The van der Waals surface area contributed by atoms with Crippen LogP contribution in [0.5, 0.6) is 5.88 Å². The number of amides is 1. The number of aromatic nitrogens is 3. The van der Waals surface area contributed by atoms with Gasteiger partial charge in [0.25, 0.3) is 5.91 Å². The maximum Gasteiger partial charge on any atom is 0.270 e. The molecule has 1 amide bonds. The Morgan fingerprint density at radius 3 is 2.85 bits per heavy atom. The number of benzene rings is 1. The number of halogens is 1. The number of thiazole rings is 1.